The number of nitrogens with zero attached hydrogens (tertiary/aromatic N) is 1. The summed E-state index contributed by atoms with van der Waals surface area (Å²) in [5.41, 5.74) is 4.24. The topological polar surface area (TPSA) is 47.8 Å². The lowest BCUT2D eigenvalue weighted by molar-refractivity contribution is 1.38. The number of nitriles is 1. The van der Waals surface area contributed by atoms with Crippen molar-refractivity contribution in [3.05, 3.63) is 58.1 Å². The van der Waals surface area contributed by atoms with Crippen molar-refractivity contribution in [2.75, 3.05) is 10.6 Å². The van der Waals surface area contributed by atoms with Gasteiger partial charge in [0.05, 0.1) is 22.3 Å². The number of hydrogen-bond donors (Lipinski definition) is 2. The Morgan fingerprint density at radius 1 is 1.19 bits per heavy atom. The number of rotatable bonds is 2. The van der Waals surface area contributed by atoms with Gasteiger partial charge in [-0.25, -0.2) is 0 Å². The Morgan fingerprint density at radius 3 is 2.62 bits per heavy atom. The van der Waals surface area contributed by atoms with Crippen molar-refractivity contribution in [3.8, 4) is 6.07 Å². The van der Waals surface area contributed by atoms with Crippen LogP contribution in [0.1, 0.15) is 16.7 Å². The Hall–Kier alpha value is -2.09. The van der Waals surface area contributed by atoms with E-state index in [0.29, 0.717) is 15.7 Å². The summed E-state index contributed by atoms with van der Waals surface area (Å²) < 4.78 is 0. The van der Waals surface area contributed by atoms with Crippen molar-refractivity contribution in [1.29, 1.82) is 5.26 Å². The van der Waals surface area contributed by atoms with Crippen molar-refractivity contribution in [2.45, 2.75) is 13.8 Å². The molecule has 0 aliphatic carbocycles. The van der Waals surface area contributed by atoms with Crippen LogP contribution in [0, 0.1) is 25.2 Å². The molecular weight excluding hydrogens is 302 g/mol. The van der Waals surface area contributed by atoms with Crippen LogP contribution < -0.4 is 10.6 Å². The van der Waals surface area contributed by atoms with Crippen molar-refractivity contribution < 1.29 is 0 Å². The summed E-state index contributed by atoms with van der Waals surface area (Å²) in [5, 5.41) is 16.1. The van der Waals surface area contributed by atoms with Crippen LogP contribution in [0.15, 0.2) is 36.4 Å². The monoisotopic (exact) mass is 315 g/mol. The molecule has 0 atom stereocenters. The summed E-state index contributed by atoms with van der Waals surface area (Å²) in [4.78, 5) is 0. The van der Waals surface area contributed by atoms with Crippen molar-refractivity contribution in [3.63, 3.8) is 0 Å². The summed E-state index contributed by atoms with van der Waals surface area (Å²) in [6, 6.07) is 13.1. The molecule has 0 heterocycles. The average molecular weight is 316 g/mol. The fraction of sp³-hybridized carbons (Fsp3) is 0.125. The second-order valence-electron chi connectivity index (χ2n) is 4.71. The molecule has 0 fully saturated rings. The van der Waals surface area contributed by atoms with Crippen LogP contribution >= 0.6 is 23.8 Å². The number of hydrogen-bond acceptors (Lipinski definition) is 2. The lowest BCUT2D eigenvalue weighted by Crippen LogP contribution is -2.20. The first kappa shape index (κ1) is 15.3. The predicted molar refractivity (Wildman–Crippen MR) is 91.9 cm³/mol. The first-order valence-corrected chi connectivity index (χ1v) is 7.13. The van der Waals surface area contributed by atoms with Gasteiger partial charge in [-0.3, -0.25) is 0 Å². The molecule has 0 amide bonds. The normalized spacial score (nSPS) is 9.81. The lowest BCUT2D eigenvalue weighted by atomic mass is 10.1. The third-order valence-corrected chi connectivity index (χ3v) is 3.42. The van der Waals surface area contributed by atoms with Crippen LogP contribution in [0.3, 0.4) is 0 Å². The molecule has 0 saturated carbocycles. The molecular formula is C16H14ClN3S. The van der Waals surface area contributed by atoms with Crippen LogP contribution in [-0.4, -0.2) is 5.11 Å². The molecule has 0 bridgehead atoms. The molecule has 106 valence electrons. The third kappa shape index (κ3) is 3.94. The molecule has 2 N–H and O–H groups in total. The molecule has 0 spiro atoms. The van der Waals surface area contributed by atoms with Gasteiger partial charge < -0.3 is 10.6 Å². The summed E-state index contributed by atoms with van der Waals surface area (Å²) in [6.45, 7) is 3.97. The molecule has 2 rings (SSSR count). The molecule has 0 saturated heterocycles. The number of benzene rings is 2. The maximum atomic E-state index is 8.89. The van der Waals surface area contributed by atoms with Gasteiger partial charge in [-0.1, -0.05) is 23.7 Å². The van der Waals surface area contributed by atoms with Crippen LogP contribution in [0.5, 0.6) is 0 Å². The van der Waals surface area contributed by atoms with Crippen LogP contribution in [0.2, 0.25) is 5.02 Å². The van der Waals surface area contributed by atoms with E-state index < -0.39 is 0 Å². The van der Waals surface area contributed by atoms with Gasteiger partial charge in [0.25, 0.3) is 0 Å². The summed E-state index contributed by atoms with van der Waals surface area (Å²) >= 11 is 11.5. The summed E-state index contributed by atoms with van der Waals surface area (Å²) in [7, 11) is 0. The fourth-order valence-corrected chi connectivity index (χ4v) is 2.60. The van der Waals surface area contributed by atoms with E-state index >= 15 is 0 Å². The average Bonchev–Trinajstić information content (AvgIpc) is 2.43. The van der Waals surface area contributed by atoms with Crippen LogP contribution in [0.4, 0.5) is 11.4 Å². The Balaban J connectivity index is 2.14. The minimum Gasteiger partial charge on any atom is -0.332 e. The van der Waals surface area contributed by atoms with Crippen molar-refractivity contribution >= 4 is 40.3 Å². The van der Waals surface area contributed by atoms with Gasteiger partial charge in [0.2, 0.25) is 0 Å². The Labute approximate surface area is 134 Å². The standard InChI is InChI=1S/C16H14ClN3S/c1-10-6-11(2)15(14(17)7-10)20-16(21)19-13-5-3-4-12(8-13)9-18/h3-8H,1-2H3,(H2,19,20,21). The van der Waals surface area contributed by atoms with Gasteiger partial charge in [0.15, 0.2) is 5.11 Å². The molecule has 3 nitrogen and oxygen atoms in total. The van der Waals surface area contributed by atoms with Gasteiger partial charge in [-0.05, 0) is 61.5 Å². The maximum absolute atomic E-state index is 8.89. The van der Waals surface area contributed by atoms with Gasteiger partial charge in [-0.2, -0.15) is 5.26 Å². The highest BCUT2D eigenvalue weighted by atomic mass is 35.5. The molecule has 21 heavy (non-hydrogen) atoms. The van der Waals surface area contributed by atoms with Crippen molar-refractivity contribution in [2.24, 2.45) is 0 Å². The fourth-order valence-electron chi connectivity index (χ4n) is 2.02. The maximum Gasteiger partial charge on any atom is 0.175 e. The zero-order valence-corrected chi connectivity index (χ0v) is 13.3. The molecule has 2 aromatic rings. The van der Waals surface area contributed by atoms with Crippen LogP contribution in [0.25, 0.3) is 0 Å². The van der Waals surface area contributed by atoms with E-state index in [1.807, 2.05) is 32.0 Å². The van der Waals surface area contributed by atoms with E-state index in [4.69, 9.17) is 29.1 Å². The lowest BCUT2D eigenvalue weighted by Gasteiger charge is -2.14. The van der Waals surface area contributed by atoms with Gasteiger partial charge in [-0.15, -0.1) is 0 Å². The zero-order chi connectivity index (χ0) is 15.4. The SMILES string of the molecule is Cc1cc(C)c(NC(=S)Nc2cccc(C#N)c2)c(Cl)c1. The quantitative estimate of drug-likeness (QED) is 0.793. The molecule has 2 aromatic carbocycles. The minimum atomic E-state index is 0.430. The minimum absolute atomic E-state index is 0.430. The molecule has 0 unspecified atom stereocenters. The molecule has 0 radical (unpaired) electrons. The molecule has 0 aromatic heterocycles. The highest BCUT2D eigenvalue weighted by Gasteiger charge is 2.07. The highest BCUT2D eigenvalue weighted by Crippen LogP contribution is 2.27. The van der Waals surface area contributed by atoms with E-state index in [9.17, 15) is 0 Å². The largest absolute Gasteiger partial charge is 0.332 e. The van der Waals surface area contributed by atoms with E-state index in [1.165, 1.54) is 0 Å². The summed E-state index contributed by atoms with van der Waals surface area (Å²) in [5.74, 6) is 0. The highest BCUT2D eigenvalue weighted by molar-refractivity contribution is 7.80. The second kappa shape index (κ2) is 6.57. The van der Waals surface area contributed by atoms with Gasteiger partial charge >= 0.3 is 0 Å². The van der Waals surface area contributed by atoms with E-state index in [-0.39, 0.29) is 0 Å². The Bertz CT molecular complexity index is 712. The number of nitrogens with one attached hydrogen (secondary N) is 2. The number of anilines is 2. The smallest absolute Gasteiger partial charge is 0.175 e. The number of aryl methyl sites for hydroxylation is 2. The van der Waals surface area contributed by atoms with E-state index in [0.717, 1.165) is 22.5 Å². The second-order valence-corrected chi connectivity index (χ2v) is 5.53. The van der Waals surface area contributed by atoms with E-state index in [1.54, 1.807) is 18.2 Å². The molecule has 0 aliphatic rings. The first-order valence-electron chi connectivity index (χ1n) is 6.34. The number of thiocarbonyl (C=S) groups is 1. The first-order chi connectivity index (χ1) is 9.99. The Morgan fingerprint density at radius 2 is 1.95 bits per heavy atom. The third-order valence-electron chi connectivity index (χ3n) is 2.92. The molecule has 0 aliphatic heterocycles. The van der Waals surface area contributed by atoms with Crippen LogP contribution in [-0.2, 0) is 0 Å². The van der Waals surface area contributed by atoms with Gasteiger partial charge in [0.1, 0.15) is 0 Å². The van der Waals surface area contributed by atoms with Gasteiger partial charge in [0, 0.05) is 5.69 Å². The van der Waals surface area contributed by atoms with E-state index in [2.05, 4.69) is 16.7 Å². The molecule has 5 heteroatoms. The van der Waals surface area contributed by atoms with Crippen molar-refractivity contribution in [1.82, 2.24) is 0 Å². The zero-order valence-electron chi connectivity index (χ0n) is 11.7. The Kier molecular flexibility index (Phi) is 4.79. The number of halogens is 1. The summed E-state index contributed by atoms with van der Waals surface area (Å²) in [6.07, 6.45) is 0. The predicted octanol–water partition coefficient (Wildman–Crippen LogP) is 4.64.